The molecule has 4 nitrogen and oxygen atoms in total. The van der Waals surface area contributed by atoms with Gasteiger partial charge in [-0.2, -0.15) is 0 Å². The average molecular weight is 335 g/mol. The summed E-state index contributed by atoms with van der Waals surface area (Å²) in [7, 11) is -0.468. The lowest BCUT2D eigenvalue weighted by Gasteiger charge is -2.18. The van der Waals surface area contributed by atoms with Crippen LogP contribution in [-0.4, -0.2) is 33.4 Å². The van der Waals surface area contributed by atoms with Crippen molar-refractivity contribution in [2.45, 2.75) is 24.8 Å². The molecular weight excluding hydrogens is 315 g/mol. The van der Waals surface area contributed by atoms with Crippen LogP contribution in [0, 0.1) is 17.7 Å². The number of nitrogens with zero attached hydrogens (tertiary/aromatic N) is 1. The van der Waals surface area contributed by atoms with Crippen molar-refractivity contribution in [2.75, 3.05) is 20.6 Å². The lowest BCUT2D eigenvalue weighted by molar-refractivity contribution is 0.444. The molecule has 1 aliphatic carbocycles. The lowest BCUT2D eigenvalue weighted by atomic mass is 10.2. The van der Waals surface area contributed by atoms with Crippen LogP contribution in [-0.2, 0) is 16.6 Å². The average Bonchev–Trinajstić information content (AvgIpc) is 3.10. The highest BCUT2D eigenvalue weighted by Gasteiger charge is 2.36. The smallest absolute Gasteiger partial charge is 0.242 e. The number of hydrogen-bond donors (Lipinski definition) is 1. The van der Waals surface area contributed by atoms with Gasteiger partial charge in [-0.05, 0) is 43.0 Å². The van der Waals surface area contributed by atoms with Gasteiger partial charge in [0.25, 0.3) is 0 Å². The zero-order valence-electron chi connectivity index (χ0n) is 12.4. The van der Waals surface area contributed by atoms with E-state index >= 15 is 0 Å². The minimum atomic E-state index is -3.69. The Balaban J connectivity index is 2.30. The second kappa shape index (κ2) is 6.20. The summed E-state index contributed by atoms with van der Waals surface area (Å²) in [4.78, 5) is -0.0505. The second-order valence-corrected chi connectivity index (χ2v) is 8.09. The maximum absolute atomic E-state index is 13.9. The van der Waals surface area contributed by atoms with Crippen molar-refractivity contribution >= 4 is 21.6 Å². The molecule has 1 aromatic carbocycles. The predicted molar refractivity (Wildman–Crippen MR) is 81.3 cm³/mol. The molecule has 118 valence electrons. The maximum atomic E-state index is 13.9. The Bertz CT molecular complexity index is 636. The number of nitrogens with one attached hydrogen (secondary N) is 1. The molecule has 0 saturated heterocycles. The van der Waals surface area contributed by atoms with Gasteiger partial charge in [0.15, 0.2) is 0 Å². The van der Waals surface area contributed by atoms with Gasteiger partial charge in [-0.25, -0.2) is 17.1 Å². The van der Waals surface area contributed by atoms with Crippen LogP contribution in [0.4, 0.5) is 4.39 Å². The van der Waals surface area contributed by atoms with Crippen LogP contribution in [0.15, 0.2) is 17.0 Å². The van der Waals surface area contributed by atoms with Gasteiger partial charge in [-0.3, -0.25) is 0 Å². The van der Waals surface area contributed by atoms with Crippen molar-refractivity contribution in [1.29, 1.82) is 0 Å². The standard InChI is InChI=1S/C14H20ClFN2O2S/c1-9-4-11(9)8-18(3)21(19,20)12-5-10(7-17-2)14(15)13(16)6-12/h5-6,9,11,17H,4,7-8H2,1-3H3. The van der Waals surface area contributed by atoms with Gasteiger partial charge in [0.05, 0.1) is 9.92 Å². The molecule has 0 aromatic heterocycles. The summed E-state index contributed by atoms with van der Waals surface area (Å²) < 4.78 is 40.2. The van der Waals surface area contributed by atoms with Gasteiger partial charge in [-0.15, -0.1) is 0 Å². The molecule has 1 aromatic rings. The number of benzene rings is 1. The van der Waals surface area contributed by atoms with Gasteiger partial charge in [-0.1, -0.05) is 18.5 Å². The molecule has 2 unspecified atom stereocenters. The first-order valence-corrected chi connectivity index (χ1v) is 8.68. The van der Waals surface area contributed by atoms with Crippen LogP contribution in [0.3, 0.4) is 0 Å². The summed E-state index contributed by atoms with van der Waals surface area (Å²) in [6.07, 6.45) is 1.04. The Morgan fingerprint density at radius 1 is 1.48 bits per heavy atom. The summed E-state index contributed by atoms with van der Waals surface area (Å²) in [5.41, 5.74) is 0.436. The first kappa shape index (κ1) is 16.7. The molecule has 0 amide bonds. The van der Waals surface area contributed by atoms with E-state index in [1.54, 1.807) is 7.05 Å². The fraction of sp³-hybridized carbons (Fsp3) is 0.571. The largest absolute Gasteiger partial charge is 0.316 e. The quantitative estimate of drug-likeness (QED) is 0.869. The SMILES string of the molecule is CNCc1cc(S(=O)(=O)N(C)CC2CC2C)cc(F)c1Cl. The highest BCUT2D eigenvalue weighted by molar-refractivity contribution is 7.89. The monoisotopic (exact) mass is 334 g/mol. The van der Waals surface area contributed by atoms with E-state index in [1.165, 1.54) is 17.4 Å². The molecule has 2 atom stereocenters. The minimum Gasteiger partial charge on any atom is -0.316 e. The first-order chi connectivity index (χ1) is 9.77. The fourth-order valence-electron chi connectivity index (χ4n) is 2.35. The zero-order valence-corrected chi connectivity index (χ0v) is 13.9. The Morgan fingerprint density at radius 3 is 2.62 bits per heavy atom. The van der Waals surface area contributed by atoms with E-state index in [-0.39, 0.29) is 9.92 Å². The van der Waals surface area contributed by atoms with Gasteiger partial charge < -0.3 is 5.32 Å². The van der Waals surface area contributed by atoms with Crippen LogP contribution in [0.25, 0.3) is 0 Å². The molecule has 1 fully saturated rings. The molecule has 2 rings (SSSR count). The van der Waals surface area contributed by atoms with Gasteiger partial charge in [0.1, 0.15) is 5.82 Å². The summed E-state index contributed by atoms with van der Waals surface area (Å²) in [6.45, 7) is 2.87. The van der Waals surface area contributed by atoms with Crippen LogP contribution in [0.1, 0.15) is 18.9 Å². The van der Waals surface area contributed by atoms with Crippen molar-refractivity contribution in [3.05, 3.63) is 28.5 Å². The third-order valence-corrected chi connectivity index (χ3v) is 6.14. The minimum absolute atomic E-state index is 0.0400. The van der Waals surface area contributed by atoms with E-state index in [1.807, 2.05) is 0 Å². The third kappa shape index (κ3) is 3.56. The van der Waals surface area contributed by atoms with E-state index in [0.717, 1.165) is 12.5 Å². The van der Waals surface area contributed by atoms with Crippen molar-refractivity contribution in [2.24, 2.45) is 11.8 Å². The molecule has 1 aliphatic rings. The Labute approximate surface area is 130 Å². The third-order valence-electron chi connectivity index (χ3n) is 3.92. The molecule has 1 N–H and O–H groups in total. The lowest BCUT2D eigenvalue weighted by Crippen LogP contribution is -2.29. The summed E-state index contributed by atoms with van der Waals surface area (Å²) >= 11 is 5.86. The van der Waals surface area contributed by atoms with E-state index in [0.29, 0.717) is 30.5 Å². The van der Waals surface area contributed by atoms with E-state index < -0.39 is 15.8 Å². The van der Waals surface area contributed by atoms with E-state index in [2.05, 4.69) is 12.2 Å². The Hall–Kier alpha value is -0.690. The molecule has 0 spiro atoms. The molecule has 0 radical (unpaired) electrons. The first-order valence-electron chi connectivity index (χ1n) is 6.86. The number of rotatable bonds is 6. The van der Waals surface area contributed by atoms with Crippen LogP contribution < -0.4 is 5.32 Å². The van der Waals surface area contributed by atoms with Crippen LogP contribution >= 0.6 is 11.6 Å². The molecular formula is C14H20ClFN2O2S. The Morgan fingerprint density at radius 2 is 2.10 bits per heavy atom. The van der Waals surface area contributed by atoms with Gasteiger partial charge in [0.2, 0.25) is 10.0 Å². The second-order valence-electron chi connectivity index (χ2n) is 5.67. The number of halogens is 2. The molecule has 21 heavy (non-hydrogen) atoms. The number of sulfonamides is 1. The van der Waals surface area contributed by atoms with Gasteiger partial charge >= 0.3 is 0 Å². The molecule has 7 heteroatoms. The maximum Gasteiger partial charge on any atom is 0.242 e. The van der Waals surface area contributed by atoms with Crippen LogP contribution in [0.5, 0.6) is 0 Å². The summed E-state index contributed by atoms with van der Waals surface area (Å²) in [5, 5.41) is 2.81. The zero-order chi connectivity index (χ0) is 15.8. The molecule has 1 saturated carbocycles. The van der Waals surface area contributed by atoms with Crippen molar-refractivity contribution < 1.29 is 12.8 Å². The normalized spacial score (nSPS) is 21.8. The highest BCUT2D eigenvalue weighted by atomic mass is 35.5. The van der Waals surface area contributed by atoms with E-state index in [9.17, 15) is 12.8 Å². The van der Waals surface area contributed by atoms with Crippen molar-refractivity contribution in [3.63, 3.8) is 0 Å². The molecule has 0 heterocycles. The van der Waals surface area contributed by atoms with Crippen molar-refractivity contribution in [1.82, 2.24) is 9.62 Å². The fourth-order valence-corrected chi connectivity index (χ4v) is 3.82. The Kier molecular flexibility index (Phi) is 4.92. The summed E-state index contributed by atoms with van der Waals surface area (Å²) in [6, 6.07) is 2.42. The predicted octanol–water partition coefficient (Wildman–Crippen LogP) is 2.48. The van der Waals surface area contributed by atoms with Crippen LogP contribution in [0.2, 0.25) is 5.02 Å². The number of hydrogen-bond acceptors (Lipinski definition) is 3. The van der Waals surface area contributed by atoms with E-state index in [4.69, 9.17) is 11.6 Å². The highest BCUT2D eigenvalue weighted by Crippen LogP contribution is 2.39. The molecule has 0 aliphatic heterocycles. The summed E-state index contributed by atoms with van der Waals surface area (Å²) in [5.74, 6) is 0.249. The molecule has 0 bridgehead atoms. The topological polar surface area (TPSA) is 49.4 Å². The van der Waals surface area contributed by atoms with Crippen molar-refractivity contribution in [3.8, 4) is 0 Å². The van der Waals surface area contributed by atoms with Gasteiger partial charge in [0, 0.05) is 20.1 Å².